The van der Waals surface area contributed by atoms with Crippen molar-refractivity contribution in [2.45, 2.75) is 19.9 Å². The molecule has 0 saturated carbocycles. The van der Waals surface area contributed by atoms with Gasteiger partial charge in [-0.25, -0.2) is 4.98 Å². The molecule has 2 heterocycles. The molecule has 0 atom stereocenters. The van der Waals surface area contributed by atoms with Gasteiger partial charge in [-0.2, -0.15) is 5.26 Å². The Morgan fingerprint density at radius 1 is 1.16 bits per heavy atom. The van der Waals surface area contributed by atoms with Crippen LogP contribution in [0.2, 0.25) is 0 Å². The molecule has 4 heteroatoms. The van der Waals surface area contributed by atoms with E-state index in [-0.39, 0.29) is 0 Å². The molecule has 0 saturated heterocycles. The minimum atomic E-state index is 0.647. The highest BCUT2D eigenvalue weighted by atomic mass is 16.3. The van der Waals surface area contributed by atoms with Gasteiger partial charge in [0, 0.05) is 36.3 Å². The van der Waals surface area contributed by atoms with Crippen molar-refractivity contribution in [3.8, 4) is 17.2 Å². The van der Waals surface area contributed by atoms with Gasteiger partial charge in [0.15, 0.2) is 0 Å². The van der Waals surface area contributed by atoms with Crippen LogP contribution >= 0.6 is 0 Å². The third-order valence-electron chi connectivity index (χ3n) is 4.38. The number of nitriles is 1. The number of hydrogen-bond donors (Lipinski definition) is 0. The summed E-state index contributed by atoms with van der Waals surface area (Å²) in [6.45, 7) is 2.88. The zero-order chi connectivity index (χ0) is 17.2. The van der Waals surface area contributed by atoms with Gasteiger partial charge >= 0.3 is 0 Å². The van der Waals surface area contributed by atoms with E-state index in [2.05, 4.69) is 42.2 Å². The summed E-state index contributed by atoms with van der Waals surface area (Å²) in [5, 5.41) is 10.2. The average molecular weight is 327 g/mol. The fraction of sp³-hybridized carbons (Fsp3) is 0.143. The number of benzene rings is 2. The van der Waals surface area contributed by atoms with Crippen molar-refractivity contribution in [3.05, 3.63) is 78.1 Å². The molecule has 122 valence electrons. The molecule has 4 aromatic rings. The van der Waals surface area contributed by atoms with Crippen molar-refractivity contribution in [3.63, 3.8) is 0 Å². The van der Waals surface area contributed by atoms with Gasteiger partial charge < -0.3 is 8.98 Å². The molecular weight excluding hydrogens is 310 g/mol. The van der Waals surface area contributed by atoms with Crippen LogP contribution in [0.4, 0.5) is 0 Å². The maximum absolute atomic E-state index is 9.19. The van der Waals surface area contributed by atoms with E-state index >= 15 is 0 Å². The molecule has 0 aliphatic carbocycles. The Morgan fingerprint density at radius 2 is 2.00 bits per heavy atom. The van der Waals surface area contributed by atoms with Gasteiger partial charge in [0.2, 0.25) is 0 Å². The minimum Gasteiger partial charge on any atom is -0.460 e. The van der Waals surface area contributed by atoms with Crippen LogP contribution in [0.3, 0.4) is 0 Å². The van der Waals surface area contributed by atoms with Crippen LogP contribution in [0, 0.1) is 11.3 Å². The summed E-state index contributed by atoms with van der Waals surface area (Å²) >= 11 is 0. The van der Waals surface area contributed by atoms with Crippen molar-refractivity contribution in [1.29, 1.82) is 5.26 Å². The Labute approximate surface area is 146 Å². The first-order valence-electron chi connectivity index (χ1n) is 8.29. The third kappa shape index (κ3) is 2.81. The summed E-state index contributed by atoms with van der Waals surface area (Å²) in [6, 6.07) is 16.3. The number of fused-ring (bicyclic) bond motifs is 1. The number of furan rings is 1. The molecule has 0 bridgehead atoms. The van der Waals surface area contributed by atoms with Crippen molar-refractivity contribution in [1.82, 2.24) is 9.55 Å². The predicted octanol–water partition coefficient (Wildman–Crippen LogP) is 4.78. The molecule has 25 heavy (non-hydrogen) atoms. The van der Waals surface area contributed by atoms with Crippen LogP contribution < -0.4 is 0 Å². The second-order valence-corrected chi connectivity index (χ2v) is 6.01. The molecule has 2 aromatic heterocycles. The minimum absolute atomic E-state index is 0.647. The number of nitrogens with zero attached hydrogens (tertiary/aromatic N) is 3. The molecule has 2 aromatic carbocycles. The van der Waals surface area contributed by atoms with Crippen LogP contribution in [0.15, 0.2) is 65.6 Å². The standard InChI is InChI=1S/C21H17N3O/c1-2-19-21(18-11-16(12-22)5-8-20(18)25-19)17-6-3-15(4-7-17)13-24-10-9-23-14-24/h3-11,14H,2,13H2,1H3. The van der Waals surface area contributed by atoms with E-state index in [9.17, 15) is 5.26 Å². The monoisotopic (exact) mass is 327 g/mol. The summed E-state index contributed by atoms with van der Waals surface area (Å²) in [5.41, 5.74) is 4.89. The van der Waals surface area contributed by atoms with E-state index in [1.165, 1.54) is 5.56 Å². The maximum Gasteiger partial charge on any atom is 0.135 e. The zero-order valence-electron chi connectivity index (χ0n) is 13.9. The number of aromatic nitrogens is 2. The summed E-state index contributed by atoms with van der Waals surface area (Å²) in [6.07, 6.45) is 6.36. The van der Waals surface area contributed by atoms with Gasteiger partial charge in [-0.3, -0.25) is 0 Å². The first-order valence-corrected chi connectivity index (χ1v) is 8.29. The highest BCUT2D eigenvalue weighted by Gasteiger charge is 2.15. The molecule has 0 spiro atoms. The van der Waals surface area contributed by atoms with Crippen molar-refractivity contribution in [2.75, 3.05) is 0 Å². The quantitative estimate of drug-likeness (QED) is 0.542. The average Bonchev–Trinajstić information content (AvgIpc) is 3.29. The lowest BCUT2D eigenvalue weighted by atomic mass is 9.99. The smallest absolute Gasteiger partial charge is 0.135 e. The Bertz CT molecular complexity index is 1050. The maximum atomic E-state index is 9.19. The lowest BCUT2D eigenvalue weighted by Crippen LogP contribution is -1.96. The fourth-order valence-corrected chi connectivity index (χ4v) is 3.15. The second kappa shape index (κ2) is 6.29. The van der Waals surface area contributed by atoms with Gasteiger partial charge in [0.1, 0.15) is 11.3 Å². The Morgan fingerprint density at radius 3 is 2.68 bits per heavy atom. The van der Waals surface area contributed by atoms with Gasteiger partial charge in [-0.15, -0.1) is 0 Å². The van der Waals surface area contributed by atoms with E-state index in [0.29, 0.717) is 5.56 Å². The molecule has 0 unspecified atom stereocenters. The number of rotatable bonds is 4. The third-order valence-corrected chi connectivity index (χ3v) is 4.38. The van der Waals surface area contributed by atoms with Gasteiger partial charge in [0.25, 0.3) is 0 Å². The summed E-state index contributed by atoms with van der Waals surface area (Å²) in [7, 11) is 0. The van der Waals surface area contributed by atoms with Crippen molar-refractivity contribution < 1.29 is 4.42 Å². The number of hydrogen-bond acceptors (Lipinski definition) is 3. The number of aryl methyl sites for hydroxylation is 1. The molecule has 4 rings (SSSR count). The van der Waals surface area contributed by atoms with E-state index in [1.54, 1.807) is 12.3 Å². The summed E-state index contributed by atoms with van der Waals surface area (Å²) in [5.74, 6) is 0.951. The molecular formula is C21H17N3O. The van der Waals surface area contributed by atoms with Crippen LogP contribution in [0.5, 0.6) is 0 Å². The number of imidazole rings is 1. The molecule has 0 amide bonds. The van der Waals surface area contributed by atoms with E-state index in [1.807, 2.05) is 29.2 Å². The largest absolute Gasteiger partial charge is 0.460 e. The molecule has 0 fully saturated rings. The highest BCUT2D eigenvalue weighted by Crippen LogP contribution is 2.35. The predicted molar refractivity (Wildman–Crippen MR) is 97.1 cm³/mol. The fourth-order valence-electron chi connectivity index (χ4n) is 3.15. The molecule has 0 aliphatic heterocycles. The Balaban J connectivity index is 1.77. The van der Waals surface area contributed by atoms with Crippen LogP contribution in [-0.4, -0.2) is 9.55 Å². The van der Waals surface area contributed by atoms with E-state index in [0.717, 1.165) is 40.8 Å². The normalized spacial score (nSPS) is 10.9. The van der Waals surface area contributed by atoms with Crippen LogP contribution in [0.25, 0.3) is 22.1 Å². The van der Waals surface area contributed by atoms with Crippen LogP contribution in [0.1, 0.15) is 23.8 Å². The molecule has 0 radical (unpaired) electrons. The van der Waals surface area contributed by atoms with Crippen molar-refractivity contribution in [2.24, 2.45) is 0 Å². The summed E-state index contributed by atoms with van der Waals surface area (Å²) < 4.78 is 8.04. The summed E-state index contributed by atoms with van der Waals surface area (Å²) in [4.78, 5) is 4.07. The van der Waals surface area contributed by atoms with E-state index < -0.39 is 0 Å². The zero-order valence-corrected chi connectivity index (χ0v) is 13.9. The molecule has 0 aliphatic rings. The Hall–Kier alpha value is -3.32. The van der Waals surface area contributed by atoms with Gasteiger partial charge in [0.05, 0.1) is 18.0 Å². The van der Waals surface area contributed by atoms with Gasteiger partial charge in [-0.05, 0) is 29.3 Å². The van der Waals surface area contributed by atoms with Crippen molar-refractivity contribution >= 4 is 11.0 Å². The second-order valence-electron chi connectivity index (χ2n) is 6.01. The van der Waals surface area contributed by atoms with Gasteiger partial charge in [-0.1, -0.05) is 31.2 Å². The first kappa shape index (κ1) is 15.2. The molecule has 4 nitrogen and oxygen atoms in total. The first-order chi connectivity index (χ1) is 12.3. The molecule has 0 N–H and O–H groups in total. The highest BCUT2D eigenvalue weighted by molar-refractivity contribution is 5.96. The lowest BCUT2D eigenvalue weighted by molar-refractivity contribution is 0.558. The van der Waals surface area contributed by atoms with E-state index in [4.69, 9.17) is 4.42 Å². The Kier molecular flexibility index (Phi) is 3.83. The van der Waals surface area contributed by atoms with Crippen LogP contribution in [-0.2, 0) is 13.0 Å². The SMILES string of the molecule is CCc1oc2ccc(C#N)cc2c1-c1ccc(Cn2ccnc2)cc1. The lowest BCUT2D eigenvalue weighted by Gasteiger charge is -2.06. The topological polar surface area (TPSA) is 54.8 Å².